The van der Waals surface area contributed by atoms with E-state index in [4.69, 9.17) is 9.47 Å². The molecule has 1 saturated heterocycles. The second-order valence-electron chi connectivity index (χ2n) is 7.54. The van der Waals surface area contributed by atoms with Gasteiger partial charge in [0.15, 0.2) is 11.5 Å². The molecule has 0 saturated carbocycles. The van der Waals surface area contributed by atoms with E-state index >= 15 is 0 Å². The number of aliphatic hydroxyl groups excluding tert-OH is 1. The van der Waals surface area contributed by atoms with Gasteiger partial charge in [-0.05, 0) is 55.1 Å². The Morgan fingerprint density at radius 2 is 1.87 bits per heavy atom. The fraction of sp³-hybridized carbons (Fsp3) is 0.167. The minimum absolute atomic E-state index is 0.0614. The van der Waals surface area contributed by atoms with Crippen molar-refractivity contribution in [2.24, 2.45) is 0 Å². The molecule has 5 rings (SSSR count). The van der Waals surface area contributed by atoms with Crippen molar-refractivity contribution in [1.82, 2.24) is 0 Å². The molecule has 1 atom stereocenters. The Hall–Kier alpha value is -3.58. The van der Waals surface area contributed by atoms with Crippen LogP contribution in [0.25, 0.3) is 5.76 Å². The van der Waals surface area contributed by atoms with Crippen LogP contribution >= 0.6 is 11.3 Å². The first-order valence-corrected chi connectivity index (χ1v) is 10.7. The van der Waals surface area contributed by atoms with Gasteiger partial charge in [0, 0.05) is 16.1 Å². The van der Waals surface area contributed by atoms with Crippen LogP contribution in [-0.2, 0) is 9.59 Å². The Labute approximate surface area is 183 Å². The van der Waals surface area contributed by atoms with Gasteiger partial charge in [-0.3, -0.25) is 14.5 Å². The number of fused-ring (bicyclic) bond motifs is 1. The molecule has 2 aliphatic rings. The molecule has 3 aromatic rings. The molecule has 7 heteroatoms. The quantitative estimate of drug-likeness (QED) is 0.367. The van der Waals surface area contributed by atoms with Gasteiger partial charge in [-0.25, -0.2) is 0 Å². The standard InChI is InChI=1S/C24H19NO5S/c1-13-5-7-16(14(2)10-13)25-21(19-4-3-9-31-19)20(23(27)24(25)28)22(26)15-6-8-17-18(11-15)30-12-29-17/h3-11,21,26H,12H2,1-2H3/b22-20-. The molecule has 1 aromatic heterocycles. The van der Waals surface area contributed by atoms with Crippen molar-refractivity contribution in [2.75, 3.05) is 11.7 Å². The Morgan fingerprint density at radius 1 is 1.06 bits per heavy atom. The summed E-state index contributed by atoms with van der Waals surface area (Å²) in [7, 11) is 0. The van der Waals surface area contributed by atoms with Gasteiger partial charge in [0.05, 0.1) is 5.57 Å². The molecule has 1 fully saturated rings. The fourth-order valence-corrected chi connectivity index (χ4v) is 4.90. The predicted molar refractivity (Wildman–Crippen MR) is 118 cm³/mol. The Balaban J connectivity index is 1.70. The van der Waals surface area contributed by atoms with Gasteiger partial charge in [-0.2, -0.15) is 0 Å². The number of hydrogen-bond acceptors (Lipinski definition) is 6. The summed E-state index contributed by atoms with van der Waals surface area (Å²) in [5, 5.41) is 13.1. The largest absolute Gasteiger partial charge is 0.507 e. The first kappa shape index (κ1) is 19.4. The summed E-state index contributed by atoms with van der Waals surface area (Å²) in [5.74, 6) is -0.550. The molecule has 0 spiro atoms. The smallest absolute Gasteiger partial charge is 0.300 e. The lowest BCUT2D eigenvalue weighted by molar-refractivity contribution is -0.132. The number of nitrogens with zero attached hydrogens (tertiary/aromatic N) is 1. The molecule has 156 valence electrons. The van der Waals surface area contributed by atoms with Gasteiger partial charge in [-0.15, -0.1) is 11.3 Å². The number of anilines is 1. The minimum atomic E-state index is -0.716. The molecule has 0 bridgehead atoms. The van der Waals surface area contributed by atoms with Crippen LogP contribution in [0.2, 0.25) is 0 Å². The van der Waals surface area contributed by atoms with E-state index in [1.807, 2.05) is 49.6 Å². The summed E-state index contributed by atoms with van der Waals surface area (Å²) in [6.07, 6.45) is 0. The molecule has 2 aromatic carbocycles. The SMILES string of the molecule is Cc1ccc(N2C(=O)C(=O)/C(=C(\O)c3ccc4c(c3)OCO4)C2c2cccs2)c(C)c1. The number of thiophene rings is 1. The van der Waals surface area contributed by atoms with Gasteiger partial charge in [0.25, 0.3) is 11.7 Å². The Kier molecular flexibility index (Phi) is 4.55. The summed E-state index contributed by atoms with van der Waals surface area (Å²) in [5.41, 5.74) is 3.05. The van der Waals surface area contributed by atoms with E-state index in [-0.39, 0.29) is 18.1 Å². The minimum Gasteiger partial charge on any atom is -0.507 e. The maximum atomic E-state index is 13.2. The fourth-order valence-electron chi connectivity index (χ4n) is 4.07. The second-order valence-corrected chi connectivity index (χ2v) is 8.52. The lowest BCUT2D eigenvalue weighted by Gasteiger charge is -2.26. The van der Waals surface area contributed by atoms with Crippen LogP contribution in [-0.4, -0.2) is 23.6 Å². The van der Waals surface area contributed by atoms with Crippen LogP contribution in [0.1, 0.15) is 27.6 Å². The molecule has 2 aliphatic heterocycles. The zero-order valence-corrected chi connectivity index (χ0v) is 17.7. The van der Waals surface area contributed by atoms with Gasteiger partial charge in [0.2, 0.25) is 6.79 Å². The van der Waals surface area contributed by atoms with Gasteiger partial charge >= 0.3 is 0 Å². The Bertz CT molecular complexity index is 1240. The molecule has 1 unspecified atom stereocenters. The number of aliphatic hydroxyl groups is 1. The number of carbonyl (C=O) groups is 2. The van der Waals surface area contributed by atoms with Gasteiger partial charge in [0.1, 0.15) is 11.8 Å². The highest BCUT2D eigenvalue weighted by atomic mass is 32.1. The molecule has 3 heterocycles. The maximum Gasteiger partial charge on any atom is 0.300 e. The monoisotopic (exact) mass is 433 g/mol. The summed E-state index contributed by atoms with van der Waals surface area (Å²) in [6, 6.07) is 13.7. The van der Waals surface area contributed by atoms with Gasteiger partial charge < -0.3 is 14.6 Å². The number of benzene rings is 2. The Morgan fingerprint density at radius 3 is 2.61 bits per heavy atom. The molecule has 31 heavy (non-hydrogen) atoms. The third-order valence-corrected chi connectivity index (χ3v) is 6.44. The number of amides is 1. The number of carbonyl (C=O) groups excluding carboxylic acids is 2. The van der Waals surface area contributed by atoms with E-state index in [1.54, 1.807) is 18.2 Å². The van der Waals surface area contributed by atoms with E-state index in [0.717, 1.165) is 16.0 Å². The topological polar surface area (TPSA) is 76.1 Å². The van der Waals surface area contributed by atoms with Crippen LogP contribution in [0.15, 0.2) is 59.5 Å². The zero-order valence-electron chi connectivity index (χ0n) is 16.9. The number of Topliss-reactive ketones (excluding diaryl/α,β-unsaturated/α-hetero) is 1. The van der Waals surface area contributed by atoms with Crippen molar-refractivity contribution in [3.8, 4) is 11.5 Å². The summed E-state index contributed by atoms with van der Waals surface area (Å²) in [4.78, 5) is 28.6. The highest BCUT2D eigenvalue weighted by Gasteiger charge is 2.47. The van der Waals surface area contributed by atoms with Crippen LogP contribution in [0, 0.1) is 13.8 Å². The number of ketones is 1. The molecular weight excluding hydrogens is 414 g/mol. The number of hydrogen-bond donors (Lipinski definition) is 1. The molecule has 0 aliphatic carbocycles. The van der Waals surface area contributed by atoms with E-state index in [9.17, 15) is 14.7 Å². The molecule has 1 N–H and O–H groups in total. The third-order valence-electron chi connectivity index (χ3n) is 5.51. The lowest BCUT2D eigenvalue weighted by Crippen LogP contribution is -2.29. The van der Waals surface area contributed by atoms with Gasteiger partial charge in [-0.1, -0.05) is 23.8 Å². The molecule has 6 nitrogen and oxygen atoms in total. The number of rotatable bonds is 3. The number of aryl methyl sites for hydroxylation is 2. The third kappa shape index (κ3) is 3.09. The van der Waals surface area contributed by atoms with Crippen molar-refractivity contribution in [3.05, 3.63) is 81.1 Å². The van der Waals surface area contributed by atoms with Crippen molar-refractivity contribution < 1.29 is 24.2 Å². The predicted octanol–water partition coefficient (Wildman–Crippen LogP) is 4.72. The average Bonchev–Trinajstić information content (AvgIpc) is 3.48. The van der Waals surface area contributed by atoms with E-state index in [0.29, 0.717) is 22.7 Å². The van der Waals surface area contributed by atoms with E-state index in [2.05, 4.69) is 0 Å². The lowest BCUT2D eigenvalue weighted by atomic mass is 9.99. The van der Waals surface area contributed by atoms with Crippen LogP contribution in [0.4, 0.5) is 5.69 Å². The van der Waals surface area contributed by atoms with Crippen LogP contribution in [0.3, 0.4) is 0 Å². The second kappa shape index (κ2) is 7.28. The van der Waals surface area contributed by atoms with E-state index in [1.165, 1.54) is 16.2 Å². The highest BCUT2D eigenvalue weighted by Crippen LogP contribution is 2.45. The average molecular weight is 433 g/mol. The van der Waals surface area contributed by atoms with Crippen molar-refractivity contribution in [2.45, 2.75) is 19.9 Å². The van der Waals surface area contributed by atoms with Crippen molar-refractivity contribution in [3.63, 3.8) is 0 Å². The first-order valence-electron chi connectivity index (χ1n) is 9.77. The van der Waals surface area contributed by atoms with E-state index < -0.39 is 17.7 Å². The first-order chi connectivity index (χ1) is 15.0. The maximum absolute atomic E-state index is 13.2. The van der Waals surface area contributed by atoms with Crippen LogP contribution < -0.4 is 14.4 Å². The van der Waals surface area contributed by atoms with Crippen molar-refractivity contribution >= 4 is 34.5 Å². The molecular formula is C24H19NO5S. The van der Waals surface area contributed by atoms with Crippen molar-refractivity contribution in [1.29, 1.82) is 0 Å². The van der Waals surface area contributed by atoms with Crippen LogP contribution in [0.5, 0.6) is 11.5 Å². The normalized spacial score (nSPS) is 19.3. The highest BCUT2D eigenvalue weighted by molar-refractivity contribution is 7.10. The summed E-state index contributed by atoms with van der Waals surface area (Å²) >= 11 is 1.43. The number of ether oxygens (including phenoxy) is 2. The zero-order chi connectivity index (χ0) is 21.7. The summed E-state index contributed by atoms with van der Waals surface area (Å²) < 4.78 is 10.7. The molecule has 1 amide bonds. The summed E-state index contributed by atoms with van der Waals surface area (Å²) in [6.45, 7) is 3.98. The molecule has 0 radical (unpaired) electrons.